The minimum absolute atomic E-state index is 0.157. The molecule has 0 spiro atoms. The molecule has 1 aromatic heterocycles. The molecule has 8 nitrogen and oxygen atoms in total. The van der Waals surface area contributed by atoms with Crippen molar-refractivity contribution in [2.45, 2.75) is 50.5 Å². The number of hydrogen-bond acceptors (Lipinski definition) is 6. The Labute approximate surface area is 258 Å². The quantitative estimate of drug-likeness (QED) is 0.245. The lowest BCUT2D eigenvalue weighted by molar-refractivity contribution is -0.140. The van der Waals surface area contributed by atoms with Gasteiger partial charge in [-0.1, -0.05) is 23.2 Å². The summed E-state index contributed by atoms with van der Waals surface area (Å²) in [6.45, 7) is 0.791. The summed E-state index contributed by atoms with van der Waals surface area (Å²) in [5.74, 6) is 7.59. The average molecular weight is 630 g/mol. The zero-order valence-corrected chi connectivity index (χ0v) is 25.7. The van der Waals surface area contributed by atoms with Gasteiger partial charge in [0.15, 0.2) is 0 Å². The number of aromatic nitrogens is 1. The number of amides is 1. The molecule has 236 valence electrons. The van der Waals surface area contributed by atoms with Crippen molar-refractivity contribution in [3.63, 3.8) is 0 Å². The molecule has 5 rings (SSSR count). The van der Waals surface area contributed by atoms with E-state index >= 15 is 0 Å². The van der Waals surface area contributed by atoms with Gasteiger partial charge in [0.05, 0.1) is 30.6 Å². The van der Waals surface area contributed by atoms with Crippen LogP contribution in [0.3, 0.4) is 0 Å². The molecule has 2 aromatic carbocycles. The Morgan fingerprint density at radius 1 is 1.09 bits per heavy atom. The third kappa shape index (κ3) is 7.75. The third-order valence-corrected chi connectivity index (χ3v) is 9.62. The van der Waals surface area contributed by atoms with Crippen LogP contribution in [-0.4, -0.2) is 83.5 Å². The van der Waals surface area contributed by atoms with E-state index in [2.05, 4.69) is 32.7 Å². The number of carbonyl (C=O) groups excluding carboxylic acids is 1. The molecule has 2 heterocycles. The van der Waals surface area contributed by atoms with Crippen molar-refractivity contribution in [2.24, 2.45) is 0 Å². The monoisotopic (exact) mass is 629 g/mol. The molecule has 3 N–H and O–H groups in total. The molecule has 1 amide bonds. The first kappa shape index (κ1) is 31.9. The first-order valence-corrected chi connectivity index (χ1v) is 16.3. The number of benzene rings is 2. The smallest absolute Gasteiger partial charge is 0.406 e. The number of rotatable bonds is 8. The molecule has 3 aromatic rings. The number of methoxy groups -OCH3 is 1. The van der Waals surface area contributed by atoms with Gasteiger partial charge in [-0.05, 0) is 68.0 Å². The van der Waals surface area contributed by atoms with Crippen LogP contribution in [0.5, 0.6) is 5.75 Å². The highest BCUT2D eigenvalue weighted by atomic mass is 32.2. The van der Waals surface area contributed by atoms with Gasteiger partial charge in [0.2, 0.25) is 0 Å². The average Bonchev–Trinajstić information content (AvgIpc) is 3.36. The molecule has 2 fully saturated rings. The maximum absolute atomic E-state index is 13.7. The van der Waals surface area contributed by atoms with Gasteiger partial charge in [-0.15, -0.1) is 0 Å². The molecule has 1 saturated heterocycles. The lowest BCUT2D eigenvalue weighted by Crippen LogP contribution is -2.48. The summed E-state index contributed by atoms with van der Waals surface area (Å²) in [6.07, 6.45) is -0.397. The number of alkyl halides is 3. The first-order chi connectivity index (χ1) is 21.1. The summed E-state index contributed by atoms with van der Waals surface area (Å²) < 4.78 is 59.3. The minimum atomic E-state index is -4.41. The van der Waals surface area contributed by atoms with Gasteiger partial charge in [0.25, 0.3) is 5.91 Å². The molecule has 0 bridgehead atoms. The fourth-order valence-electron chi connectivity index (χ4n) is 6.08. The molecule has 0 unspecified atom stereocenters. The SMILES string of the molecule is CNC(=O)c1ccc(NCC#Cc2cc3c(N[C@H]4CC[C@H](N5CC[S+]([O-])CC5)CC4)cccc3n2CC(F)(F)F)c(OC)c1. The van der Waals surface area contributed by atoms with Gasteiger partial charge in [-0.3, -0.25) is 9.69 Å². The normalized spacial score (nSPS) is 19.7. The van der Waals surface area contributed by atoms with Crippen LogP contribution in [0.1, 0.15) is 41.7 Å². The number of halogens is 3. The van der Waals surface area contributed by atoms with Crippen molar-refractivity contribution in [1.29, 1.82) is 0 Å². The van der Waals surface area contributed by atoms with E-state index in [-0.39, 0.29) is 24.2 Å². The van der Waals surface area contributed by atoms with Crippen molar-refractivity contribution >= 4 is 39.4 Å². The summed E-state index contributed by atoms with van der Waals surface area (Å²) in [7, 11) is 3.03. The maximum Gasteiger partial charge on any atom is 0.406 e. The first-order valence-electron chi connectivity index (χ1n) is 14.8. The number of fused-ring (bicyclic) bond motifs is 1. The number of ether oxygens (including phenoxy) is 1. The molecule has 2 aliphatic rings. The highest BCUT2D eigenvalue weighted by Gasteiger charge is 2.31. The number of nitrogens with zero attached hydrogens (tertiary/aromatic N) is 2. The molecular weight excluding hydrogens is 591 g/mol. The van der Waals surface area contributed by atoms with Gasteiger partial charge in [0.1, 0.15) is 23.8 Å². The zero-order chi connectivity index (χ0) is 31.3. The Bertz CT molecular complexity index is 1520. The van der Waals surface area contributed by atoms with Gasteiger partial charge in [-0.25, -0.2) is 0 Å². The van der Waals surface area contributed by atoms with Gasteiger partial charge < -0.3 is 29.8 Å². The second kappa shape index (κ2) is 14.1. The van der Waals surface area contributed by atoms with Crippen LogP contribution in [-0.2, 0) is 17.7 Å². The molecule has 1 saturated carbocycles. The lowest BCUT2D eigenvalue weighted by Gasteiger charge is -2.39. The fraction of sp³-hybridized carbons (Fsp3) is 0.469. The molecule has 44 heavy (non-hydrogen) atoms. The van der Waals surface area contributed by atoms with E-state index in [1.54, 1.807) is 43.4 Å². The highest BCUT2D eigenvalue weighted by Crippen LogP contribution is 2.33. The van der Waals surface area contributed by atoms with Crippen LogP contribution in [0.15, 0.2) is 42.5 Å². The van der Waals surface area contributed by atoms with E-state index in [9.17, 15) is 22.5 Å². The van der Waals surface area contributed by atoms with Crippen LogP contribution in [0, 0.1) is 11.8 Å². The lowest BCUT2D eigenvalue weighted by atomic mass is 9.90. The van der Waals surface area contributed by atoms with Crippen molar-refractivity contribution in [3.8, 4) is 17.6 Å². The number of hydrogen-bond donors (Lipinski definition) is 3. The van der Waals surface area contributed by atoms with E-state index in [4.69, 9.17) is 4.74 Å². The molecule has 1 aliphatic heterocycles. The number of anilines is 2. The second-order valence-corrected chi connectivity index (χ2v) is 12.8. The van der Waals surface area contributed by atoms with E-state index in [0.29, 0.717) is 33.9 Å². The van der Waals surface area contributed by atoms with Crippen molar-refractivity contribution < 1.29 is 27.3 Å². The molecule has 1 aliphatic carbocycles. The zero-order valence-electron chi connectivity index (χ0n) is 24.9. The van der Waals surface area contributed by atoms with Crippen molar-refractivity contribution in [2.75, 3.05) is 55.9 Å². The van der Waals surface area contributed by atoms with Crippen LogP contribution in [0.25, 0.3) is 10.9 Å². The third-order valence-electron chi connectivity index (χ3n) is 8.34. The summed E-state index contributed by atoms with van der Waals surface area (Å²) in [5, 5.41) is 10.0. The Hall–Kier alpha value is -3.53. The molecule has 12 heteroatoms. The number of carbonyl (C=O) groups is 1. The van der Waals surface area contributed by atoms with E-state index in [1.165, 1.54) is 11.7 Å². The predicted molar refractivity (Wildman–Crippen MR) is 169 cm³/mol. The van der Waals surface area contributed by atoms with Gasteiger partial charge in [-0.2, -0.15) is 13.2 Å². The molecule has 0 radical (unpaired) electrons. The summed E-state index contributed by atoms with van der Waals surface area (Å²) >= 11 is -0.692. The van der Waals surface area contributed by atoms with Crippen LogP contribution >= 0.6 is 0 Å². The Morgan fingerprint density at radius 2 is 1.84 bits per heavy atom. The van der Waals surface area contributed by atoms with E-state index in [1.807, 2.05) is 6.07 Å². The van der Waals surface area contributed by atoms with E-state index < -0.39 is 23.9 Å². The van der Waals surface area contributed by atoms with Crippen LogP contribution in [0.4, 0.5) is 24.5 Å². The van der Waals surface area contributed by atoms with Gasteiger partial charge in [0, 0.05) is 48.9 Å². The van der Waals surface area contributed by atoms with Crippen LogP contribution in [0.2, 0.25) is 0 Å². The summed E-state index contributed by atoms with van der Waals surface area (Å²) in [4.78, 5) is 14.4. The Morgan fingerprint density at radius 3 is 2.52 bits per heavy atom. The number of nitrogens with one attached hydrogen (secondary N) is 3. The Kier molecular flexibility index (Phi) is 10.2. The van der Waals surface area contributed by atoms with Gasteiger partial charge >= 0.3 is 6.18 Å². The predicted octanol–water partition coefficient (Wildman–Crippen LogP) is 4.82. The van der Waals surface area contributed by atoms with Crippen molar-refractivity contribution in [3.05, 3.63) is 53.7 Å². The fourth-order valence-corrected chi connectivity index (χ4v) is 7.16. The standard InChI is InChI=1S/C32H38F3N5O3S/c1-36-31(41)22-8-13-28(30(19-22)43-2)37-14-4-5-25-20-26-27(6-3-7-29(26)40(25)21-32(33,34)35)38-23-9-11-24(12-10-23)39-15-17-44(42)18-16-39/h3,6-8,13,19-20,23-24,37-38H,9-12,14-18,21H2,1-2H3,(H,36,41)/t23-,24-. The minimum Gasteiger partial charge on any atom is -0.616 e. The maximum atomic E-state index is 13.7. The molecular formula is C32H38F3N5O3S. The highest BCUT2D eigenvalue weighted by molar-refractivity contribution is 7.91. The van der Waals surface area contributed by atoms with Crippen LogP contribution < -0.4 is 20.7 Å². The largest absolute Gasteiger partial charge is 0.616 e. The van der Waals surface area contributed by atoms with E-state index in [0.717, 1.165) is 56.0 Å². The second-order valence-electron chi connectivity index (χ2n) is 11.2. The topological polar surface area (TPSA) is 93.6 Å². The summed E-state index contributed by atoms with van der Waals surface area (Å²) in [6, 6.07) is 12.8. The summed E-state index contributed by atoms with van der Waals surface area (Å²) in [5.41, 5.74) is 2.62. The Balaban J connectivity index is 1.30. The van der Waals surface area contributed by atoms with Crippen molar-refractivity contribution in [1.82, 2.24) is 14.8 Å². The molecule has 0 atom stereocenters.